The van der Waals surface area contributed by atoms with E-state index in [0.717, 1.165) is 37.5 Å². The Morgan fingerprint density at radius 1 is 1.50 bits per heavy atom. The van der Waals surface area contributed by atoms with Crippen LogP contribution in [0, 0.1) is 0 Å². The Labute approximate surface area is 139 Å². The molecule has 1 unspecified atom stereocenters. The van der Waals surface area contributed by atoms with Crippen molar-refractivity contribution in [2.45, 2.75) is 18.9 Å². The van der Waals surface area contributed by atoms with Gasteiger partial charge in [0.05, 0.1) is 13.3 Å². The first kappa shape index (κ1) is 16.1. The molecule has 1 saturated heterocycles. The Hall–Kier alpha value is -2.77. The quantitative estimate of drug-likeness (QED) is 0.890. The number of methoxy groups -OCH3 is 1. The van der Waals surface area contributed by atoms with E-state index in [0.29, 0.717) is 6.54 Å². The molecule has 3 heterocycles. The zero-order chi connectivity index (χ0) is 17.1. The number of nitrogens with zero attached hydrogens (tertiary/aromatic N) is 3. The normalized spacial score (nSPS) is 17.6. The lowest BCUT2D eigenvalue weighted by molar-refractivity contribution is 0.0902. The topological polar surface area (TPSA) is 89.6 Å². The minimum atomic E-state index is -0.397. The molecule has 24 heavy (non-hydrogen) atoms. The summed E-state index contributed by atoms with van der Waals surface area (Å²) in [7, 11) is 3.27. The lowest BCUT2D eigenvalue weighted by atomic mass is 10.1. The molecule has 0 bridgehead atoms. The van der Waals surface area contributed by atoms with Crippen LogP contribution < -0.4 is 20.4 Å². The average molecular weight is 332 g/mol. The number of aromatic nitrogens is 2. The second-order valence-corrected chi connectivity index (χ2v) is 5.75. The fourth-order valence-electron chi connectivity index (χ4n) is 2.90. The summed E-state index contributed by atoms with van der Waals surface area (Å²) in [6.45, 7) is 1.61. The maximum atomic E-state index is 12.3. The van der Waals surface area contributed by atoms with Gasteiger partial charge in [-0.05, 0) is 12.8 Å². The molecule has 0 saturated carbocycles. The summed E-state index contributed by atoms with van der Waals surface area (Å²) in [5, 5.41) is 7.10. The molecule has 128 valence electrons. The van der Waals surface area contributed by atoms with E-state index in [1.165, 1.54) is 7.11 Å². The van der Waals surface area contributed by atoms with Crippen molar-refractivity contribution < 1.29 is 13.9 Å². The number of aryl methyl sites for hydroxylation is 1. The van der Waals surface area contributed by atoms with Gasteiger partial charge in [0, 0.05) is 38.3 Å². The molecule has 1 atom stereocenters. The van der Waals surface area contributed by atoms with Crippen molar-refractivity contribution in [2.75, 3.05) is 25.1 Å². The fraction of sp³-hybridized carbons (Fsp3) is 0.438. The molecule has 0 aromatic carbocycles. The van der Waals surface area contributed by atoms with Crippen LogP contribution in [0.25, 0.3) is 0 Å². The van der Waals surface area contributed by atoms with E-state index in [1.807, 2.05) is 17.8 Å². The highest BCUT2D eigenvalue weighted by molar-refractivity contribution is 5.91. The fourth-order valence-corrected chi connectivity index (χ4v) is 2.90. The summed E-state index contributed by atoms with van der Waals surface area (Å²) in [5.74, 6) is 0.682. The van der Waals surface area contributed by atoms with E-state index in [2.05, 4.69) is 15.3 Å². The van der Waals surface area contributed by atoms with Gasteiger partial charge < -0.3 is 19.4 Å². The highest BCUT2D eigenvalue weighted by atomic mass is 16.5. The van der Waals surface area contributed by atoms with Gasteiger partial charge in [0.15, 0.2) is 5.76 Å². The minimum absolute atomic E-state index is 0.0153. The molecule has 8 nitrogen and oxygen atoms in total. The Morgan fingerprint density at radius 2 is 2.33 bits per heavy atom. The van der Waals surface area contributed by atoms with Gasteiger partial charge >= 0.3 is 0 Å². The van der Waals surface area contributed by atoms with Crippen LogP contribution in [-0.4, -0.2) is 41.9 Å². The van der Waals surface area contributed by atoms with E-state index in [1.54, 1.807) is 6.20 Å². The zero-order valence-corrected chi connectivity index (χ0v) is 13.7. The second kappa shape index (κ2) is 6.77. The van der Waals surface area contributed by atoms with Crippen LogP contribution in [0.4, 0.5) is 5.82 Å². The van der Waals surface area contributed by atoms with Crippen LogP contribution in [0.5, 0.6) is 5.75 Å². The summed E-state index contributed by atoms with van der Waals surface area (Å²) in [4.78, 5) is 26.2. The van der Waals surface area contributed by atoms with E-state index in [-0.39, 0.29) is 23.0 Å². The van der Waals surface area contributed by atoms with Crippen molar-refractivity contribution in [3.63, 3.8) is 0 Å². The lowest BCUT2D eigenvalue weighted by Crippen LogP contribution is -2.48. The molecule has 1 aliphatic heterocycles. The largest absolute Gasteiger partial charge is 0.490 e. The van der Waals surface area contributed by atoms with Gasteiger partial charge in [0.1, 0.15) is 12.1 Å². The van der Waals surface area contributed by atoms with Crippen LogP contribution in [0.3, 0.4) is 0 Å². The second-order valence-electron chi connectivity index (χ2n) is 5.75. The predicted molar refractivity (Wildman–Crippen MR) is 87.4 cm³/mol. The number of hydrogen-bond acceptors (Lipinski definition) is 6. The van der Waals surface area contributed by atoms with Gasteiger partial charge in [0.2, 0.25) is 11.2 Å². The first-order chi connectivity index (χ1) is 11.6. The molecule has 0 spiro atoms. The summed E-state index contributed by atoms with van der Waals surface area (Å²) < 4.78 is 11.8. The molecule has 3 rings (SSSR count). The molecule has 2 aromatic rings. The van der Waals surface area contributed by atoms with Crippen LogP contribution >= 0.6 is 0 Å². The Kier molecular flexibility index (Phi) is 4.54. The van der Waals surface area contributed by atoms with Crippen molar-refractivity contribution in [3.05, 3.63) is 40.6 Å². The monoisotopic (exact) mass is 332 g/mol. The number of amides is 1. The first-order valence-electron chi connectivity index (χ1n) is 7.79. The molecule has 0 aliphatic carbocycles. The first-order valence-corrected chi connectivity index (χ1v) is 7.79. The molecule has 1 aliphatic rings. The molecular weight excluding hydrogens is 312 g/mol. The smallest absolute Gasteiger partial charge is 0.287 e. The highest BCUT2D eigenvalue weighted by Crippen LogP contribution is 2.19. The van der Waals surface area contributed by atoms with Crippen LogP contribution in [0.15, 0.2) is 33.8 Å². The van der Waals surface area contributed by atoms with Gasteiger partial charge in [-0.25, -0.2) is 0 Å². The maximum absolute atomic E-state index is 12.3. The Bertz CT molecular complexity index is 782. The summed E-state index contributed by atoms with van der Waals surface area (Å²) in [5.41, 5.74) is -0.381. The summed E-state index contributed by atoms with van der Waals surface area (Å²) in [6, 6.07) is 3.08. The third-order valence-electron chi connectivity index (χ3n) is 4.12. The molecule has 1 amide bonds. The lowest BCUT2D eigenvalue weighted by Gasteiger charge is -2.34. The molecule has 8 heteroatoms. The number of piperidine rings is 1. The maximum Gasteiger partial charge on any atom is 0.287 e. The van der Waals surface area contributed by atoms with Crippen LogP contribution in [0.1, 0.15) is 23.4 Å². The number of rotatable bonds is 4. The highest BCUT2D eigenvalue weighted by Gasteiger charge is 2.24. The number of hydrogen-bond donors (Lipinski definition) is 1. The van der Waals surface area contributed by atoms with Crippen LogP contribution in [-0.2, 0) is 7.05 Å². The average Bonchev–Trinajstić information content (AvgIpc) is 3.01. The molecule has 0 radical (unpaired) electrons. The molecule has 2 aromatic heterocycles. The third-order valence-corrected chi connectivity index (χ3v) is 4.12. The van der Waals surface area contributed by atoms with Crippen LogP contribution in [0.2, 0.25) is 0 Å². The van der Waals surface area contributed by atoms with Crippen molar-refractivity contribution in [1.82, 2.24) is 15.1 Å². The number of ether oxygens (including phenoxy) is 1. The van der Waals surface area contributed by atoms with Gasteiger partial charge in [0.25, 0.3) is 5.91 Å². The Morgan fingerprint density at radius 3 is 3.00 bits per heavy atom. The van der Waals surface area contributed by atoms with Gasteiger partial charge in [-0.3, -0.25) is 14.3 Å². The van der Waals surface area contributed by atoms with Crippen molar-refractivity contribution in [3.8, 4) is 5.75 Å². The van der Waals surface area contributed by atoms with Crippen molar-refractivity contribution in [2.24, 2.45) is 7.05 Å². The van der Waals surface area contributed by atoms with Gasteiger partial charge in [-0.1, -0.05) is 0 Å². The van der Waals surface area contributed by atoms with Crippen molar-refractivity contribution >= 4 is 11.7 Å². The SMILES string of the molecule is COc1coc(C(=O)NC2CCCN(c3ccnn3C)C2)cc1=O. The molecule has 1 fully saturated rings. The molecular formula is C16H20N4O4. The standard InChI is InChI=1S/C16H20N4O4/c1-19-15(5-6-17-19)20-7-3-4-11(9-20)18-16(22)13-8-12(21)14(23-2)10-24-13/h5-6,8,10-11H,3-4,7,9H2,1-2H3,(H,18,22). The van der Waals surface area contributed by atoms with E-state index >= 15 is 0 Å². The number of nitrogens with one attached hydrogen (secondary N) is 1. The Balaban J connectivity index is 1.67. The summed E-state index contributed by atoms with van der Waals surface area (Å²) in [6.07, 6.45) is 4.74. The zero-order valence-electron chi connectivity index (χ0n) is 13.7. The third kappa shape index (κ3) is 3.27. The number of carbonyl (C=O) groups is 1. The van der Waals surface area contributed by atoms with E-state index < -0.39 is 5.91 Å². The number of carbonyl (C=O) groups excluding carboxylic acids is 1. The van der Waals surface area contributed by atoms with Gasteiger partial charge in [-0.2, -0.15) is 5.10 Å². The van der Waals surface area contributed by atoms with Crippen molar-refractivity contribution in [1.29, 1.82) is 0 Å². The number of anilines is 1. The summed E-state index contributed by atoms with van der Waals surface area (Å²) >= 11 is 0. The predicted octanol–water partition coefficient (Wildman–Crippen LogP) is 0.781. The minimum Gasteiger partial charge on any atom is -0.490 e. The molecule has 1 N–H and O–H groups in total. The van der Waals surface area contributed by atoms with E-state index in [4.69, 9.17) is 9.15 Å². The van der Waals surface area contributed by atoms with E-state index in [9.17, 15) is 9.59 Å². The van der Waals surface area contributed by atoms with Gasteiger partial charge in [-0.15, -0.1) is 0 Å².